The summed E-state index contributed by atoms with van der Waals surface area (Å²) in [6.45, 7) is 1.92. The van der Waals surface area contributed by atoms with Crippen LogP contribution in [0.4, 0.5) is 5.69 Å². The van der Waals surface area contributed by atoms with Crippen LogP contribution in [0.2, 0.25) is 0 Å². The lowest BCUT2D eigenvalue weighted by atomic mass is 10.3. The van der Waals surface area contributed by atoms with Gasteiger partial charge in [-0.2, -0.15) is 4.31 Å². The summed E-state index contributed by atoms with van der Waals surface area (Å²) in [6, 6.07) is 13.8. The molecule has 9 heteroatoms. The maximum Gasteiger partial charge on any atom is 0.243 e. The van der Waals surface area contributed by atoms with Crippen LogP contribution in [0.3, 0.4) is 0 Å². The highest BCUT2D eigenvalue weighted by molar-refractivity contribution is 9.10. The third-order valence-corrected chi connectivity index (χ3v) is 6.94. The average molecular weight is 468 g/mol. The number of halogens is 1. The summed E-state index contributed by atoms with van der Waals surface area (Å²) in [5, 5.41) is 2.84. The zero-order chi connectivity index (χ0) is 20.1. The zero-order valence-electron chi connectivity index (χ0n) is 15.5. The largest absolute Gasteiger partial charge is 0.497 e. The van der Waals surface area contributed by atoms with Crippen LogP contribution in [0, 0.1) is 0 Å². The highest BCUT2D eigenvalue weighted by atomic mass is 79.9. The van der Waals surface area contributed by atoms with Gasteiger partial charge in [0.05, 0.1) is 18.6 Å². The number of nitrogens with one attached hydrogen (secondary N) is 1. The topological polar surface area (TPSA) is 79.0 Å². The summed E-state index contributed by atoms with van der Waals surface area (Å²) in [4.78, 5) is 14.5. The average Bonchev–Trinajstić information content (AvgIpc) is 2.69. The number of sulfonamides is 1. The summed E-state index contributed by atoms with van der Waals surface area (Å²) in [7, 11) is -1.94. The molecule has 28 heavy (non-hydrogen) atoms. The molecule has 0 radical (unpaired) electrons. The second kappa shape index (κ2) is 9.04. The summed E-state index contributed by atoms with van der Waals surface area (Å²) in [5.41, 5.74) is 0.667. The Morgan fingerprint density at radius 2 is 1.79 bits per heavy atom. The molecule has 1 saturated heterocycles. The second-order valence-corrected chi connectivity index (χ2v) is 9.27. The molecule has 1 aliphatic rings. The lowest BCUT2D eigenvalue weighted by Crippen LogP contribution is -2.50. The molecule has 1 N–H and O–H groups in total. The molecule has 3 rings (SSSR count). The number of nitrogens with zero attached hydrogens (tertiary/aromatic N) is 2. The van der Waals surface area contributed by atoms with E-state index >= 15 is 0 Å². The number of benzene rings is 2. The number of carbonyl (C=O) groups is 1. The van der Waals surface area contributed by atoms with Gasteiger partial charge in [0.1, 0.15) is 5.75 Å². The normalized spacial score (nSPS) is 15.9. The van der Waals surface area contributed by atoms with E-state index in [1.165, 1.54) is 4.31 Å². The van der Waals surface area contributed by atoms with E-state index in [1.54, 1.807) is 55.6 Å². The minimum atomic E-state index is -3.52. The Hall–Kier alpha value is -1.94. The first-order chi connectivity index (χ1) is 13.4. The third kappa shape index (κ3) is 5.11. The molecule has 150 valence electrons. The second-order valence-electron chi connectivity index (χ2n) is 6.41. The molecule has 0 atom stereocenters. The van der Waals surface area contributed by atoms with Gasteiger partial charge >= 0.3 is 0 Å². The highest BCUT2D eigenvalue weighted by Crippen LogP contribution is 2.20. The van der Waals surface area contributed by atoms with E-state index in [4.69, 9.17) is 4.74 Å². The van der Waals surface area contributed by atoms with Crippen molar-refractivity contribution in [3.63, 3.8) is 0 Å². The van der Waals surface area contributed by atoms with E-state index in [2.05, 4.69) is 21.2 Å². The van der Waals surface area contributed by atoms with Crippen molar-refractivity contribution in [2.45, 2.75) is 4.90 Å². The Kier molecular flexibility index (Phi) is 6.71. The fraction of sp³-hybridized carbons (Fsp3) is 0.316. The molecule has 0 aliphatic carbocycles. The molecule has 0 saturated carbocycles. The number of hydrogen-bond acceptors (Lipinski definition) is 5. The van der Waals surface area contributed by atoms with Crippen LogP contribution in [0.25, 0.3) is 0 Å². The molecule has 1 heterocycles. The van der Waals surface area contributed by atoms with Crippen LogP contribution in [-0.4, -0.2) is 63.4 Å². The van der Waals surface area contributed by atoms with Gasteiger partial charge < -0.3 is 10.1 Å². The lowest BCUT2D eigenvalue weighted by molar-refractivity contribution is -0.117. The van der Waals surface area contributed by atoms with Gasteiger partial charge in [0.25, 0.3) is 0 Å². The molecule has 2 aromatic rings. The van der Waals surface area contributed by atoms with Gasteiger partial charge in [-0.3, -0.25) is 9.69 Å². The van der Waals surface area contributed by atoms with E-state index in [9.17, 15) is 13.2 Å². The number of hydrogen-bond donors (Lipinski definition) is 1. The van der Waals surface area contributed by atoms with Crippen molar-refractivity contribution < 1.29 is 17.9 Å². The van der Waals surface area contributed by atoms with Gasteiger partial charge in [0, 0.05) is 42.4 Å². The molecule has 0 unspecified atom stereocenters. The molecule has 7 nitrogen and oxygen atoms in total. The third-order valence-electron chi connectivity index (χ3n) is 4.50. The summed E-state index contributed by atoms with van der Waals surface area (Å²) < 4.78 is 32.9. The zero-order valence-corrected chi connectivity index (χ0v) is 17.9. The molecular weight excluding hydrogens is 446 g/mol. The number of methoxy groups -OCH3 is 1. The molecule has 0 spiro atoms. The first kappa shape index (κ1) is 20.8. The quantitative estimate of drug-likeness (QED) is 0.705. The molecule has 2 aromatic carbocycles. The minimum Gasteiger partial charge on any atom is -0.497 e. The van der Waals surface area contributed by atoms with Crippen LogP contribution < -0.4 is 10.1 Å². The number of anilines is 1. The van der Waals surface area contributed by atoms with Gasteiger partial charge in [0.2, 0.25) is 15.9 Å². The molecular formula is C19H22BrN3O4S. The first-order valence-corrected chi connectivity index (χ1v) is 11.0. The predicted molar refractivity (Wildman–Crippen MR) is 111 cm³/mol. The van der Waals surface area contributed by atoms with Crippen molar-refractivity contribution in [2.24, 2.45) is 0 Å². The van der Waals surface area contributed by atoms with Crippen LogP contribution in [0.15, 0.2) is 57.9 Å². The fourth-order valence-corrected chi connectivity index (χ4v) is 4.67. The molecule has 1 fully saturated rings. The Balaban J connectivity index is 1.53. The molecule has 0 aromatic heterocycles. The van der Waals surface area contributed by atoms with Gasteiger partial charge in [-0.05, 0) is 36.4 Å². The Labute approximate surface area is 173 Å². The SMILES string of the molecule is COc1cccc(NC(=O)CN2CCN(S(=O)(=O)c3ccc(Br)cc3)CC2)c1. The van der Waals surface area contributed by atoms with Gasteiger partial charge in [0.15, 0.2) is 0 Å². The van der Waals surface area contributed by atoms with E-state index in [-0.39, 0.29) is 17.3 Å². The van der Waals surface area contributed by atoms with Gasteiger partial charge in [-0.25, -0.2) is 8.42 Å². The Bertz CT molecular complexity index is 926. The minimum absolute atomic E-state index is 0.141. The number of ether oxygens (including phenoxy) is 1. The van der Waals surface area contributed by atoms with E-state index < -0.39 is 10.0 Å². The Morgan fingerprint density at radius 3 is 2.43 bits per heavy atom. The van der Waals surface area contributed by atoms with Gasteiger partial charge in [-0.15, -0.1) is 0 Å². The number of rotatable bonds is 6. The first-order valence-electron chi connectivity index (χ1n) is 8.80. The summed E-state index contributed by atoms with van der Waals surface area (Å²) in [5.74, 6) is 0.530. The maximum absolute atomic E-state index is 12.7. The van der Waals surface area contributed by atoms with Crippen molar-refractivity contribution in [1.29, 1.82) is 0 Å². The van der Waals surface area contributed by atoms with Crippen molar-refractivity contribution in [3.8, 4) is 5.75 Å². The van der Waals surface area contributed by atoms with Crippen LogP contribution in [-0.2, 0) is 14.8 Å². The standard InChI is InChI=1S/C19H22BrN3O4S/c1-27-17-4-2-3-16(13-17)21-19(24)14-22-9-11-23(12-10-22)28(25,26)18-7-5-15(20)6-8-18/h2-8,13H,9-12,14H2,1H3,(H,21,24). The van der Waals surface area contributed by atoms with Crippen molar-refractivity contribution in [1.82, 2.24) is 9.21 Å². The van der Waals surface area contributed by atoms with Crippen molar-refractivity contribution in [2.75, 3.05) is 45.2 Å². The fourth-order valence-electron chi connectivity index (χ4n) is 2.99. The van der Waals surface area contributed by atoms with E-state index in [0.717, 1.165) is 4.47 Å². The molecule has 0 bridgehead atoms. The smallest absolute Gasteiger partial charge is 0.243 e. The highest BCUT2D eigenvalue weighted by Gasteiger charge is 2.29. The van der Waals surface area contributed by atoms with Crippen LogP contribution >= 0.6 is 15.9 Å². The maximum atomic E-state index is 12.7. The number of carbonyl (C=O) groups excluding carboxylic acids is 1. The van der Waals surface area contributed by atoms with Crippen LogP contribution in [0.1, 0.15) is 0 Å². The van der Waals surface area contributed by atoms with Crippen LogP contribution in [0.5, 0.6) is 5.75 Å². The van der Waals surface area contributed by atoms with E-state index in [1.807, 2.05) is 4.90 Å². The summed E-state index contributed by atoms with van der Waals surface area (Å²) in [6.07, 6.45) is 0. The van der Waals surface area contributed by atoms with E-state index in [0.29, 0.717) is 37.6 Å². The monoisotopic (exact) mass is 467 g/mol. The summed E-state index contributed by atoms with van der Waals surface area (Å²) >= 11 is 3.31. The lowest BCUT2D eigenvalue weighted by Gasteiger charge is -2.33. The molecule has 1 amide bonds. The van der Waals surface area contributed by atoms with Crippen molar-refractivity contribution >= 4 is 37.5 Å². The number of amides is 1. The predicted octanol–water partition coefficient (Wildman–Crippen LogP) is 2.40. The Morgan fingerprint density at radius 1 is 1.11 bits per heavy atom. The van der Waals surface area contributed by atoms with Gasteiger partial charge in [-0.1, -0.05) is 22.0 Å². The number of piperazine rings is 1. The van der Waals surface area contributed by atoms with Crippen molar-refractivity contribution in [3.05, 3.63) is 53.0 Å². The molecule has 1 aliphatic heterocycles.